The lowest BCUT2D eigenvalue weighted by atomic mass is 10.1. The molecule has 2 aromatic heterocycles. The van der Waals surface area contributed by atoms with Crippen molar-refractivity contribution in [2.75, 3.05) is 5.01 Å². The molecule has 0 saturated heterocycles. The van der Waals surface area contributed by atoms with Gasteiger partial charge in [0.1, 0.15) is 10.7 Å². The van der Waals surface area contributed by atoms with Gasteiger partial charge in [0.2, 0.25) is 0 Å². The second-order valence-electron chi connectivity index (χ2n) is 6.76. The molecule has 5 heteroatoms. The van der Waals surface area contributed by atoms with Crippen LogP contribution in [0.5, 0.6) is 0 Å². The molecule has 2 heterocycles. The van der Waals surface area contributed by atoms with Crippen LogP contribution in [0.3, 0.4) is 0 Å². The van der Waals surface area contributed by atoms with E-state index in [4.69, 9.17) is 5.10 Å². The molecule has 4 rings (SSSR count). The highest BCUT2D eigenvalue weighted by atomic mass is 32.1. The molecule has 0 bridgehead atoms. The van der Waals surface area contributed by atoms with Crippen molar-refractivity contribution in [2.24, 2.45) is 5.10 Å². The van der Waals surface area contributed by atoms with Gasteiger partial charge in [-0.25, -0.2) is 15.0 Å². The van der Waals surface area contributed by atoms with Gasteiger partial charge in [-0.05, 0) is 57.5 Å². The Morgan fingerprint density at radius 2 is 1.43 bits per heavy atom. The minimum Gasteiger partial charge on any atom is -0.238 e. The van der Waals surface area contributed by atoms with Gasteiger partial charge in [0.25, 0.3) is 0 Å². The lowest BCUT2D eigenvalue weighted by Gasteiger charge is -2.20. The minimum atomic E-state index is 0.808. The number of rotatable bonds is 4. The summed E-state index contributed by atoms with van der Waals surface area (Å²) in [6, 6.07) is 20.4. The number of para-hydroxylation sites is 2. The maximum absolute atomic E-state index is 5.01. The van der Waals surface area contributed by atoms with E-state index >= 15 is 0 Å². The van der Waals surface area contributed by atoms with Crippen molar-refractivity contribution in [2.45, 2.75) is 27.7 Å². The van der Waals surface area contributed by atoms with Gasteiger partial charge >= 0.3 is 0 Å². The molecule has 0 saturated carbocycles. The van der Waals surface area contributed by atoms with E-state index in [1.807, 2.05) is 55.3 Å². The van der Waals surface area contributed by atoms with E-state index in [0.29, 0.717) is 0 Å². The summed E-state index contributed by atoms with van der Waals surface area (Å²) in [5, 5.41) is 8.14. The van der Waals surface area contributed by atoms with Gasteiger partial charge in [-0.15, -0.1) is 11.3 Å². The van der Waals surface area contributed by atoms with Gasteiger partial charge in [-0.3, -0.25) is 0 Å². The van der Waals surface area contributed by atoms with Gasteiger partial charge in [0.15, 0.2) is 0 Å². The number of nitrogens with zero attached hydrogens (tertiary/aromatic N) is 4. The van der Waals surface area contributed by atoms with Crippen LogP contribution in [0, 0.1) is 20.8 Å². The first-order chi connectivity index (χ1) is 13.5. The molecular formula is C23H22N4S. The number of hydrazone groups is 1. The van der Waals surface area contributed by atoms with Gasteiger partial charge in [0.05, 0.1) is 22.0 Å². The number of thiophene rings is 1. The van der Waals surface area contributed by atoms with E-state index in [0.717, 1.165) is 43.7 Å². The van der Waals surface area contributed by atoms with Crippen molar-refractivity contribution in [1.82, 2.24) is 9.97 Å². The highest BCUT2D eigenvalue weighted by Crippen LogP contribution is 2.33. The van der Waals surface area contributed by atoms with Crippen LogP contribution in [0.4, 0.5) is 11.4 Å². The van der Waals surface area contributed by atoms with Gasteiger partial charge in [-0.2, -0.15) is 5.10 Å². The maximum atomic E-state index is 5.01. The minimum absolute atomic E-state index is 0.808. The Morgan fingerprint density at radius 1 is 0.857 bits per heavy atom. The van der Waals surface area contributed by atoms with Crippen molar-refractivity contribution in [1.29, 1.82) is 0 Å². The Labute approximate surface area is 169 Å². The molecule has 0 N–H and O–H groups in total. The van der Waals surface area contributed by atoms with E-state index < -0.39 is 0 Å². The molecule has 0 aliphatic rings. The maximum Gasteiger partial charge on any atom is 0.128 e. The van der Waals surface area contributed by atoms with Gasteiger partial charge < -0.3 is 0 Å². The normalized spacial score (nSPS) is 11.8. The van der Waals surface area contributed by atoms with Crippen LogP contribution in [0.1, 0.15) is 28.9 Å². The number of anilines is 2. The summed E-state index contributed by atoms with van der Waals surface area (Å²) < 4.78 is 0. The average molecular weight is 387 g/mol. The fourth-order valence-electron chi connectivity index (χ4n) is 3.42. The van der Waals surface area contributed by atoms with Crippen LogP contribution in [0.2, 0.25) is 0 Å². The Bertz CT molecular complexity index is 1110. The summed E-state index contributed by atoms with van der Waals surface area (Å²) in [7, 11) is 0. The number of hydrogen-bond donors (Lipinski definition) is 0. The van der Waals surface area contributed by atoms with Crippen LogP contribution in [-0.2, 0) is 0 Å². The Hall–Kier alpha value is -3.05. The highest BCUT2D eigenvalue weighted by Gasteiger charge is 2.17. The predicted molar refractivity (Wildman–Crippen MR) is 119 cm³/mol. The molecule has 0 fully saturated rings. The molecule has 0 amide bonds. The first-order valence-corrected chi connectivity index (χ1v) is 10.1. The largest absolute Gasteiger partial charge is 0.238 e. The molecule has 0 aliphatic heterocycles. The molecule has 4 nitrogen and oxygen atoms in total. The predicted octanol–water partition coefficient (Wildman–Crippen LogP) is 6.18. The topological polar surface area (TPSA) is 41.4 Å². The second kappa shape index (κ2) is 7.52. The Balaban J connectivity index is 1.84. The number of aromatic nitrogens is 2. The summed E-state index contributed by atoms with van der Waals surface area (Å²) >= 11 is 1.68. The van der Waals surface area contributed by atoms with Crippen LogP contribution in [-0.4, -0.2) is 15.7 Å². The Kier molecular flexibility index (Phi) is 4.92. The third-order valence-corrected chi connectivity index (χ3v) is 5.96. The van der Waals surface area contributed by atoms with Crippen molar-refractivity contribution >= 4 is 38.6 Å². The summed E-state index contributed by atoms with van der Waals surface area (Å²) in [4.78, 5) is 11.3. The van der Waals surface area contributed by atoms with Crippen molar-refractivity contribution < 1.29 is 0 Å². The Morgan fingerprint density at radius 3 is 2.00 bits per heavy atom. The third-order valence-electron chi connectivity index (χ3n) is 4.66. The SMILES string of the molecule is CC(=NN(c1ccccc1)c1ccccc1)c1sc2nc(C)nc(C)c2c1C. The number of fused-ring (bicyclic) bond motifs is 1. The zero-order chi connectivity index (χ0) is 19.7. The molecule has 0 unspecified atom stereocenters. The number of benzene rings is 2. The zero-order valence-electron chi connectivity index (χ0n) is 16.5. The van der Waals surface area contributed by atoms with Crippen molar-refractivity contribution in [3.63, 3.8) is 0 Å². The quantitative estimate of drug-likeness (QED) is 0.311. The first kappa shape index (κ1) is 18.3. The van der Waals surface area contributed by atoms with Crippen LogP contribution in [0.15, 0.2) is 65.8 Å². The van der Waals surface area contributed by atoms with E-state index in [9.17, 15) is 0 Å². The molecule has 0 spiro atoms. The number of hydrogen-bond acceptors (Lipinski definition) is 5. The molecule has 4 aromatic rings. The average Bonchev–Trinajstić information content (AvgIpc) is 3.04. The third kappa shape index (κ3) is 3.41. The fourth-order valence-corrected chi connectivity index (χ4v) is 4.63. The second-order valence-corrected chi connectivity index (χ2v) is 7.76. The monoisotopic (exact) mass is 386 g/mol. The lowest BCUT2D eigenvalue weighted by molar-refractivity contribution is 1.05. The van der Waals surface area contributed by atoms with E-state index in [1.165, 1.54) is 5.56 Å². The summed E-state index contributed by atoms with van der Waals surface area (Å²) in [6.07, 6.45) is 0. The van der Waals surface area contributed by atoms with Gasteiger partial charge in [0, 0.05) is 11.1 Å². The fraction of sp³-hybridized carbons (Fsp3) is 0.174. The molecule has 0 radical (unpaired) electrons. The molecule has 0 aliphatic carbocycles. The van der Waals surface area contributed by atoms with Crippen LogP contribution in [0.25, 0.3) is 10.2 Å². The standard InChI is InChI=1S/C23H22N4S/c1-15-21-16(2)24-18(4)25-23(21)28-22(15)17(3)26-27(19-11-7-5-8-12-19)20-13-9-6-10-14-20/h5-14H,1-4H3. The summed E-state index contributed by atoms with van der Waals surface area (Å²) in [5.41, 5.74) is 5.24. The van der Waals surface area contributed by atoms with Crippen molar-refractivity contribution in [3.8, 4) is 0 Å². The van der Waals surface area contributed by atoms with Crippen LogP contribution < -0.4 is 5.01 Å². The van der Waals surface area contributed by atoms with Crippen LogP contribution >= 0.6 is 11.3 Å². The summed E-state index contributed by atoms with van der Waals surface area (Å²) in [5.74, 6) is 0.808. The molecular weight excluding hydrogens is 364 g/mol. The van der Waals surface area contributed by atoms with E-state index in [2.05, 4.69) is 48.1 Å². The molecule has 140 valence electrons. The van der Waals surface area contributed by atoms with Gasteiger partial charge in [-0.1, -0.05) is 36.4 Å². The molecule has 0 atom stereocenters. The molecule has 2 aromatic carbocycles. The summed E-state index contributed by atoms with van der Waals surface area (Å²) in [6.45, 7) is 8.18. The van der Waals surface area contributed by atoms with E-state index in [1.54, 1.807) is 11.3 Å². The molecule has 28 heavy (non-hydrogen) atoms. The smallest absolute Gasteiger partial charge is 0.128 e. The van der Waals surface area contributed by atoms with Crippen molar-refractivity contribution in [3.05, 3.63) is 82.6 Å². The number of aryl methyl sites for hydroxylation is 3. The zero-order valence-corrected chi connectivity index (χ0v) is 17.3. The lowest BCUT2D eigenvalue weighted by Crippen LogP contribution is -2.12. The first-order valence-electron chi connectivity index (χ1n) is 9.24. The highest BCUT2D eigenvalue weighted by molar-refractivity contribution is 7.20. The van der Waals surface area contributed by atoms with E-state index in [-0.39, 0.29) is 0 Å².